The molecule has 0 atom stereocenters. The van der Waals surface area contributed by atoms with Crippen LogP contribution in [-0.4, -0.2) is 21.8 Å². The fourth-order valence-corrected chi connectivity index (χ4v) is 2.69. The lowest BCUT2D eigenvalue weighted by Gasteiger charge is -2.00. The Balaban J connectivity index is 1.70. The van der Waals surface area contributed by atoms with E-state index in [1.165, 1.54) is 0 Å². The summed E-state index contributed by atoms with van der Waals surface area (Å²) in [5.41, 5.74) is 3.11. The summed E-state index contributed by atoms with van der Waals surface area (Å²) in [5.74, 6) is 0.143. The number of fused-ring (bicyclic) bond motifs is 1. The highest BCUT2D eigenvalue weighted by atomic mass is 35.5. The number of aromatic amines is 1. The first-order valence-corrected chi connectivity index (χ1v) is 7.75. The molecule has 0 unspecified atom stereocenters. The van der Waals surface area contributed by atoms with Gasteiger partial charge in [-0.25, -0.2) is 10.1 Å². The van der Waals surface area contributed by atoms with Gasteiger partial charge in [0.2, 0.25) is 5.89 Å². The molecule has 0 spiro atoms. The van der Waals surface area contributed by atoms with Crippen LogP contribution in [0.1, 0.15) is 5.56 Å². The molecule has 118 valence electrons. The molecule has 0 bridgehead atoms. The van der Waals surface area contributed by atoms with Gasteiger partial charge in [-0.3, -0.25) is 4.79 Å². The monoisotopic (exact) mass is 356 g/mol. The summed E-state index contributed by atoms with van der Waals surface area (Å²) in [6.07, 6.45) is 0. The number of benzene rings is 2. The smallest absolute Gasteiger partial charge is 0.284 e. The Hall–Kier alpha value is -2.77. The molecule has 0 saturated carbocycles. The van der Waals surface area contributed by atoms with E-state index in [1.54, 1.807) is 42.5 Å². The third-order valence-corrected chi connectivity index (χ3v) is 3.90. The number of hydrogen-bond donors (Lipinski definition) is 2. The van der Waals surface area contributed by atoms with Crippen LogP contribution in [0.25, 0.3) is 11.5 Å². The molecule has 2 N–H and O–H groups in total. The number of nitrogens with one attached hydrogen (secondary N) is 2. The summed E-state index contributed by atoms with van der Waals surface area (Å²) in [6.45, 7) is 0. The quantitative estimate of drug-likeness (QED) is 0.676. The predicted molar refractivity (Wildman–Crippen MR) is 93.4 cm³/mol. The van der Waals surface area contributed by atoms with E-state index in [9.17, 15) is 4.79 Å². The van der Waals surface area contributed by atoms with Crippen molar-refractivity contribution in [2.24, 2.45) is 4.99 Å². The van der Waals surface area contributed by atoms with E-state index in [2.05, 4.69) is 20.5 Å². The number of aliphatic imine (C=N–C) groups is 1. The molecule has 0 saturated heterocycles. The Morgan fingerprint density at radius 2 is 1.96 bits per heavy atom. The molecule has 1 aliphatic heterocycles. The molecule has 0 aliphatic carbocycles. The molecule has 2 aromatic carbocycles. The third-order valence-electron chi connectivity index (χ3n) is 3.49. The fraction of sp³-hybridized carbons (Fsp3) is 0. The largest absolute Gasteiger partial charge is 0.409 e. The van der Waals surface area contributed by atoms with E-state index in [4.69, 9.17) is 28.2 Å². The fourth-order valence-electron chi connectivity index (χ4n) is 2.40. The van der Waals surface area contributed by atoms with E-state index < -0.39 is 0 Å². The lowest BCUT2D eigenvalue weighted by molar-refractivity contribution is -0.110. The Kier molecular flexibility index (Phi) is 3.51. The van der Waals surface area contributed by atoms with Gasteiger partial charge in [-0.15, -0.1) is 5.10 Å². The van der Waals surface area contributed by atoms with Gasteiger partial charge in [0, 0.05) is 16.1 Å². The van der Waals surface area contributed by atoms with Gasteiger partial charge < -0.3 is 9.73 Å². The second-order valence-corrected chi connectivity index (χ2v) is 5.88. The molecule has 8 heteroatoms. The Morgan fingerprint density at radius 1 is 1.17 bits per heavy atom. The van der Waals surface area contributed by atoms with Crippen molar-refractivity contribution in [3.63, 3.8) is 0 Å². The highest BCUT2D eigenvalue weighted by Crippen LogP contribution is 2.29. The van der Waals surface area contributed by atoms with Gasteiger partial charge in [0.15, 0.2) is 0 Å². The van der Waals surface area contributed by atoms with E-state index in [-0.39, 0.29) is 10.7 Å². The maximum atomic E-state index is 12.1. The zero-order valence-electron chi connectivity index (χ0n) is 12.0. The Bertz CT molecular complexity index is 1040. The summed E-state index contributed by atoms with van der Waals surface area (Å²) < 4.78 is 5.25. The summed E-state index contributed by atoms with van der Waals surface area (Å²) in [6, 6.07) is 12.3. The molecule has 6 nitrogen and oxygen atoms in total. The number of amides is 1. The molecular formula is C16H9ClN4O2S. The first-order chi connectivity index (χ1) is 11.6. The summed E-state index contributed by atoms with van der Waals surface area (Å²) in [5, 5.41) is 9.84. The third kappa shape index (κ3) is 2.64. The number of nitrogens with zero attached hydrogens (tertiary/aromatic N) is 2. The number of halogens is 1. The molecule has 1 amide bonds. The SMILES string of the molecule is O=C1Nc2ccc(Cl)cc2C1=Nc1ccc(-c2n[nH]c(=S)o2)cc1. The van der Waals surface area contributed by atoms with Crippen molar-refractivity contribution in [1.29, 1.82) is 0 Å². The molecule has 2 heterocycles. The highest BCUT2D eigenvalue weighted by molar-refractivity contribution is 7.71. The van der Waals surface area contributed by atoms with Crippen LogP contribution in [0.4, 0.5) is 11.4 Å². The maximum Gasteiger partial charge on any atom is 0.284 e. The second-order valence-electron chi connectivity index (χ2n) is 5.07. The molecular weight excluding hydrogens is 348 g/mol. The molecule has 1 aromatic heterocycles. The number of aromatic nitrogens is 2. The minimum Gasteiger partial charge on any atom is -0.409 e. The van der Waals surface area contributed by atoms with Crippen LogP contribution < -0.4 is 5.32 Å². The van der Waals surface area contributed by atoms with E-state index in [0.29, 0.717) is 33.6 Å². The lowest BCUT2D eigenvalue weighted by Crippen LogP contribution is -2.13. The zero-order valence-corrected chi connectivity index (χ0v) is 13.6. The minimum atomic E-state index is -0.255. The van der Waals surface area contributed by atoms with Crippen LogP contribution in [0.15, 0.2) is 51.9 Å². The van der Waals surface area contributed by atoms with Gasteiger partial charge in [0.05, 0.1) is 11.4 Å². The highest BCUT2D eigenvalue weighted by Gasteiger charge is 2.26. The van der Waals surface area contributed by atoms with Crippen molar-refractivity contribution in [2.45, 2.75) is 0 Å². The Morgan fingerprint density at radius 3 is 2.67 bits per heavy atom. The Labute approximate surface area is 146 Å². The second kappa shape index (κ2) is 5.70. The molecule has 4 rings (SSSR count). The predicted octanol–water partition coefficient (Wildman–Crippen LogP) is 4.13. The number of H-pyrrole nitrogens is 1. The van der Waals surface area contributed by atoms with E-state index in [1.807, 2.05) is 0 Å². The maximum absolute atomic E-state index is 12.1. The molecule has 0 radical (unpaired) electrons. The first kappa shape index (κ1) is 14.8. The standard InChI is InChI=1S/C16H9ClN4O2S/c17-9-3-6-12-11(7-9)13(14(22)19-12)18-10-4-1-8(2-5-10)15-20-21-16(24)23-15/h1-7H,(H,21,24)(H,18,19,22). The summed E-state index contributed by atoms with van der Waals surface area (Å²) in [4.78, 5) is 16.8. The van der Waals surface area contributed by atoms with Crippen molar-refractivity contribution >= 4 is 46.8 Å². The average molecular weight is 357 g/mol. The first-order valence-electron chi connectivity index (χ1n) is 6.96. The zero-order chi connectivity index (χ0) is 16.7. The van der Waals surface area contributed by atoms with Crippen molar-refractivity contribution in [1.82, 2.24) is 10.2 Å². The van der Waals surface area contributed by atoms with Gasteiger partial charge in [0.25, 0.3) is 10.7 Å². The molecule has 3 aromatic rings. The summed E-state index contributed by atoms with van der Waals surface area (Å²) >= 11 is 10.9. The van der Waals surface area contributed by atoms with Gasteiger partial charge in [-0.05, 0) is 54.7 Å². The van der Waals surface area contributed by atoms with Gasteiger partial charge in [0.1, 0.15) is 5.71 Å². The molecule has 1 aliphatic rings. The van der Waals surface area contributed by atoms with Crippen LogP contribution in [0.3, 0.4) is 0 Å². The topological polar surface area (TPSA) is 83.3 Å². The van der Waals surface area contributed by atoms with E-state index in [0.717, 1.165) is 5.56 Å². The number of carbonyl (C=O) groups excluding carboxylic acids is 1. The lowest BCUT2D eigenvalue weighted by atomic mass is 10.1. The average Bonchev–Trinajstić information content (AvgIpc) is 3.13. The van der Waals surface area contributed by atoms with Crippen molar-refractivity contribution in [3.05, 3.63) is 57.9 Å². The molecule has 0 fully saturated rings. The van der Waals surface area contributed by atoms with Crippen LogP contribution in [0.5, 0.6) is 0 Å². The van der Waals surface area contributed by atoms with Crippen LogP contribution in [0.2, 0.25) is 5.02 Å². The van der Waals surface area contributed by atoms with Crippen LogP contribution in [0, 0.1) is 4.84 Å². The van der Waals surface area contributed by atoms with Crippen LogP contribution >= 0.6 is 23.8 Å². The van der Waals surface area contributed by atoms with Crippen molar-refractivity contribution < 1.29 is 9.21 Å². The number of anilines is 1. The minimum absolute atomic E-state index is 0.213. The number of carbonyl (C=O) groups is 1. The van der Waals surface area contributed by atoms with E-state index >= 15 is 0 Å². The van der Waals surface area contributed by atoms with Gasteiger partial charge in [-0.1, -0.05) is 11.6 Å². The van der Waals surface area contributed by atoms with Gasteiger partial charge in [-0.2, -0.15) is 0 Å². The number of hydrogen-bond acceptors (Lipinski definition) is 5. The molecule has 24 heavy (non-hydrogen) atoms. The van der Waals surface area contributed by atoms with Crippen molar-refractivity contribution in [2.75, 3.05) is 5.32 Å². The van der Waals surface area contributed by atoms with Crippen LogP contribution in [-0.2, 0) is 4.79 Å². The number of rotatable bonds is 2. The normalized spacial score (nSPS) is 14.7. The van der Waals surface area contributed by atoms with Crippen molar-refractivity contribution in [3.8, 4) is 11.5 Å². The van der Waals surface area contributed by atoms with Gasteiger partial charge >= 0.3 is 0 Å². The summed E-state index contributed by atoms with van der Waals surface area (Å²) in [7, 11) is 0.